The SMILES string of the molecule is N#CCN(C(=O)Cn1cnc2cc(-c3ccccc3)sc2c1=O)c1ccccc1. The number of benzene rings is 2. The van der Waals surface area contributed by atoms with Gasteiger partial charge in [0.15, 0.2) is 0 Å². The number of fused-ring (bicyclic) bond motifs is 1. The molecule has 0 atom stereocenters. The van der Waals surface area contributed by atoms with Gasteiger partial charge in [-0.05, 0) is 23.8 Å². The molecule has 2 aromatic heterocycles. The number of thiophene rings is 1. The van der Waals surface area contributed by atoms with Gasteiger partial charge in [0, 0.05) is 10.6 Å². The molecule has 142 valence electrons. The minimum atomic E-state index is -0.346. The van der Waals surface area contributed by atoms with Gasteiger partial charge in [-0.15, -0.1) is 11.3 Å². The summed E-state index contributed by atoms with van der Waals surface area (Å²) in [5.41, 5.74) is 1.98. The second kappa shape index (κ2) is 8.09. The average molecular weight is 400 g/mol. The second-order valence-corrected chi connectivity index (χ2v) is 7.39. The predicted octanol–water partition coefficient (Wildman–Crippen LogP) is 3.68. The Kier molecular flexibility index (Phi) is 5.18. The largest absolute Gasteiger partial charge is 0.297 e. The molecule has 7 heteroatoms. The molecule has 0 bridgehead atoms. The van der Waals surface area contributed by atoms with Crippen LogP contribution in [0, 0.1) is 11.3 Å². The van der Waals surface area contributed by atoms with Crippen LogP contribution < -0.4 is 10.5 Å². The minimum absolute atomic E-state index is 0.0928. The predicted molar refractivity (Wildman–Crippen MR) is 114 cm³/mol. The topological polar surface area (TPSA) is 79.0 Å². The summed E-state index contributed by atoms with van der Waals surface area (Å²) in [6, 6.07) is 22.6. The van der Waals surface area contributed by atoms with E-state index in [0.717, 1.165) is 10.4 Å². The van der Waals surface area contributed by atoms with Crippen molar-refractivity contribution in [3.63, 3.8) is 0 Å². The van der Waals surface area contributed by atoms with Crippen molar-refractivity contribution in [3.8, 4) is 16.5 Å². The average Bonchev–Trinajstić information content (AvgIpc) is 3.20. The van der Waals surface area contributed by atoms with Gasteiger partial charge in [0.1, 0.15) is 17.8 Å². The Morgan fingerprint density at radius 2 is 1.79 bits per heavy atom. The first-order chi connectivity index (χ1) is 14.2. The van der Waals surface area contributed by atoms with Gasteiger partial charge in [0.05, 0.1) is 17.9 Å². The molecule has 0 spiro atoms. The third-order valence-electron chi connectivity index (χ3n) is 4.47. The van der Waals surface area contributed by atoms with Crippen molar-refractivity contribution in [2.75, 3.05) is 11.4 Å². The molecule has 0 aliphatic heterocycles. The Morgan fingerprint density at radius 1 is 1.10 bits per heavy atom. The molecule has 0 saturated carbocycles. The van der Waals surface area contributed by atoms with Crippen LogP contribution in [0.15, 0.2) is 77.9 Å². The molecule has 1 amide bonds. The van der Waals surface area contributed by atoms with Gasteiger partial charge in [0.25, 0.3) is 5.56 Å². The molecule has 0 saturated heterocycles. The minimum Gasteiger partial charge on any atom is -0.297 e. The van der Waals surface area contributed by atoms with Crippen LogP contribution >= 0.6 is 11.3 Å². The van der Waals surface area contributed by atoms with Gasteiger partial charge < -0.3 is 0 Å². The Balaban J connectivity index is 1.66. The Labute approximate surface area is 170 Å². The zero-order chi connectivity index (χ0) is 20.2. The molecule has 0 aliphatic rings. The van der Waals surface area contributed by atoms with Crippen LogP contribution in [-0.4, -0.2) is 22.0 Å². The summed E-state index contributed by atoms with van der Waals surface area (Å²) >= 11 is 1.36. The van der Waals surface area contributed by atoms with E-state index in [4.69, 9.17) is 5.26 Å². The van der Waals surface area contributed by atoms with Crippen LogP contribution in [-0.2, 0) is 11.3 Å². The van der Waals surface area contributed by atoms with Gasteiger partial charge in [0.2, 0.25) is 5.91 Å². The lowest BCUT2D eigenvalue weighted by Crippen LogP contribution is -2.36. The van der Waals surface area contributed by atoms with Crippen molar-refractivity contribution in [2.24, 2.45) is 0 Å². The van der Waals surface area contributed by atoms with Gasteiger partial charge in [-0.3, -0.25) is 19.1 Å². The molecule has 0 radical (unpaired) electrons. The third kappa shape index (κ3) is 3.79. The number of rotatable bonds is 5. The van der Waals surface area contributed by atoms with Crippen molar-refractivity contribution in [1.82, 2.24) is 9.55 Å². The lowest BCUT2D eigenvalue weighted by atomic mass is 10.2. The number of nitrogens with zero attached hydrogens (tertiary/aromatic N) is 4. The fourth-order valence-electron chi connectivity index (χ4n) is 3.04. The van der Waals surface area contributed by atoms with Gasteiger partial charge in [-0.2, -0.15) is 5.26 Å². The number of anilines is 1. The zero-order valence-corrected chi connectivity index (χ0v) is 16.2. The third-order valence-corrected chi connectivity index (χ3v) is 5.63. The van der Waals surface area contributed by atoms with E-state index in [-0.39, 0.29) is 24.6 Å². The molecular formula is C22H16N4O2S. The summed E-state index contributed by atoms with van der Waals surface area (Å²) in [5, 5.41) is 9.10. The van der Waals surface area contributed by atoms with Crippen LogP contribution in [0.4, 0.5) is 5.69 Å². The number of hydrogen-bond donors (Lipinski definition) is 0. The van der Waals surface area contributed by atoms with E-state index in [1.54, 1.807) is 24.3 Å². The fourth-order valence-corrected chi connectivity index (χ4v) is 4.10. The summed E-state index contributed by atoms with van der Waals surface area (Å²) in [5.74, 6) is -0.346. The van der Waals surface area contributed by atoms with E-state index < -0.39 is 0 Å². The van der Waals surface area contributed by atoms with E-state index >= 15 is 0 Å². The lowest BCUT2D eigenvalue weighted by Gasteiger charge is -2.20. The van der Waals surface area contributed by atoms with E-state index in [9.17, 15) is 9.59 Å². The van der Waals surface area contributed by atoms with Crippen molar-refractivity contribution in [2.45, 2.75) is 6.54 Å². The van der Waals surface area contributed by atoms with Crippen molar-refractivity contribution >= 4 is 33.1 Å². The number of hydrogen-bond acceptors (Lipinski definition) is 5. The zero-order valence-electron chi connectivity index (χ0n) is 15.4. The molecule has 4 aromatic rings. The molecule has 0 N–H and O–H groups in total. The van der Waals surface area contributed by atoms with E-state index in [1.165, 1.54) is 27.1 Å². The Hall–Kier alpha value is -3.76. The van der Waals surface area contributed by atoms with E-state index in [2.05, 4.69) is 4.98 Å². The number of carbonyl (C=O) groups is 1. The highest BCUT2D eigenvalue weighted by Gasteiger charge is 2.18. The monoisotopic (exact) mass is 400 g/mol. The van der Waals surface area contributed by atoms with Crippen molar-refractivity contribution in [3.05, 3.63) is 83.4 Å². The number of para-hydroxylation sites is 1. The summed E-state index contributed by atoms with van der Waals surface area (Å²) in [6.45, 7) is -0.276. The van der Waals surface area contributed by atoms with Crippen LogP contribution in [0.25, 0.3) is 20.7 Å². The maximum atomic E-state index is 12.9. The maximum absolute atomic E-state index is 12.9. The fraction of sp³-hybridized carbons (Fsp3) is 0.0909. The van der Waals surface area contributed by atoms with Crippen molar-refractivity contribution < 1.29 is 4.79 Å². The Morgan fingerprint density at radius 3 is 2.48 bits per heavy atom. The molecule has 6 nitrogen and oxygen atoms in total. The molecule has 0 aliphatic carbocycles. The summed E-state index contributed by atoms with van der Waals surface area (Å²) < 4.78 is 1.80. The summed E-state index contributed by atoms with van der Waals surface area (Å²) in [4.78, 5) is 32.4. The highest BCUT2D eigenvalue weighted by atomic mass is 32.1. The van der Waals surface area contributed by atoms with Crippen molar-refractivity contribution in [1.29, 1.82) is 5.26 Å². The smallest absolute Gasteiger partial charge is 0.271 e. The molecule has 29 heavy (non-hydrogen) atoms. The summed E-state index contributed by atoms with van der Waals surface area (Å²) in [7, 11) is 0. The number of amides is 1. The highest BCUT2D eigenvalue weighted by molar-refractivity contribution is 7.22. The van der Waals surface area contributed by atoms with Gasteiger partial charge in [-0.25, -0.2) is 4.98 Å². The first-order valence-electron chi connectivity index (χ1n) is 8.94. The number of carbonyl (C=O) groups excluding carboxylic acids is 1. The number of nitriles is 1. The normalized spacial score (nSPS) is 10.6. The molecule has 0 fully saturated rings. The Bertz CT molecular complexity index is 1260. The molecule has 2 aromatic carbocycles. The first kappa shape index (κ1) is 18.6. The quantitative estimate of drug-likeness (QED) is 0.479. The van der Waals surface area contributed by atoms with Gasteiger partial charge in [-0.1, -0.05) is 48.5 Å². The van der Waals surface area contributed by atoms with E-state index in [1.807, 2.05) is 48.5 Å². The molecular weight excluding hydrogens is 384 g/mol. The second-order valence-electron chi connectivity index (χ2n) is 6.34. The number of aromatic nitrogens is 2. The maximum Gasteiger partial charge on any atom is 0.271 e. The standard InChI is InChI=1S/C22H16N4O2S/c23-11-12-26(17-9-5-2-6-10-17)20(27)14-25-15-24-18-13-19(29-21(18)22(25)28)16-7-3-1-4-8-16/h1-10,13,15H,12,14H2. The lowest BCUT2D eigenvalue weighted by molar-refractivity contribution is -0.119. The van der Waals surface area contributed by atoms with E-state index in [0.29, 0.717) is 15.9 Å². The molecule has 4 rings (SSSR count). The van der Waals surface area contributed by atoms with Gasteiger partial charge >= 0.3 is 0 Å². The van der Waals surface area contributed by atoms with Crippen LogP contribution in [0.2, 0.25) is 0 Å². The molecule has 2 heterocycles. The highest BCUT2D eigenvalue weighted by Crippen LogP contribution is 2.30. The van der Waals surface area contributed by atoms with Crippen LogP contribution in [0.1, 0.15) is 0 Å². The summed E-state index contributed by atoms with van der Waals surface area (Å²) in [6.07, 6.45) is 1.39. The van der Waals surface area contributed by atoms with Crippen LogP contribution in [0.5, 0.6) is 0 Å². The molecule has 0 unspecified atom stereocenters. The van der Waals surface area contributed by atoms with Crippen LogP contribution in [0.3, 0.4) is 0 Å². The first-order valence-corrected chi connectivity index (χ1v) is 9.76.